The van der Waals surface area contributed by atoms with Crippen LogP contribution in [-0.4, -0.2) is 62.1 Å². The number of piperidine rings is 1. The van der Waals surface area contributed by atoms with Crippen LogP contribution in [0.15, 0.2) is 0 Å². The highest BCUT2D eigenvalue weighted by molar-refractivity contribution is 6.35. The van der Waals surface area contributed by atoms with Crippen molar-refractivity contribution in [3.63, 3.8) is 0 Å². The molecule has 0 atom stereocenters. The van der Waals surface area contributed by atoms with Gasteiger partial charge in [0.2, 0.25) is 0 Å². The first-order valence-corrected chi connectivity index (χ1v) is 8.94. The Balaban J connectivity index is 1.62. The summed E-state index contributed by atoms with van der Waals surface area (Å²) in [6.45, 7) is 9.09. The maximum absolute atomic E-state index is 11.8. The molecule has 6 nitrogen and oxygen atoms in total. The molecule has 0 aromatic carbocycles. The van der Waals surface area contributed by atoms with Gasteiger partial charge in [0, 0.05) is 32.3 Å². The van der Waals surface area contributed by atoms with E-state index in [9.17, 15) is 9.59 Å². The third kappa shape index (κ3) is 6.11. The Hall–Kier alpha value is -1.14. The van der Waals surface area contributed by atoms with E-state index in [1.54, 1.807) is 0 Å². The molecular weight excluding hydrogens is 294 g/mol. The Morgan fingerprint density at radius 1 is 1.04 bits per heavy atom. The van der Waals surface area contributed by atoms with Gasteiger partial charge in [-0.05, 0) is 50.6 Å². The normalized spacial score (nSPS) is 21.3. The molecule has 6 heteroatoms. The van der Waals surface area contributed by atoms with Crippen molar-refractivity contribution in [3.05, 3.63) is 0 Å². The number of carbonyl (C=O) groups is 2. The lowest BCUT2D eigenvalue weighted by Gasteiger charge is -2.39. The molecule has 2 saturated heterocycles. The van der Waals surface area contributed by atoms with Crippen LogP contribution >= 0.6 is 0 Å². The van der Waals surface area contributed by atoms with Crippen LogP contribution in [0, 0.1) is 11.8 Å². The molecule has 2 amide bonds. The third-order valence-corrected chi connectivity index (χ3v) is 4.78. The van der Waals surface area contributed by atoms with Crippen molar-refractivity contribution in [1.29, 1.82) is 0 Å². The zero-order valence-electron chi connectivity index (χ0n) is 14.5. The summed E-state index contributed by atoms with van der Waals surface area (Å²) in [5.74, 6) is -0.190. The van der Waals surface area contributed by atoms with Gasteiger partial charge in [0.1, 0.15) is 0 Å². The summed E-state index contributed by atoms with van der Waals surface area (Å²) in [4.78, 5) is 26.0. The number of ether oxygens (including phenoxy) is 1. The maximum atomic E-state index is 11.8. The lowest BCUT2D eigenvalue weighted by molar-refractivity contribution is -0.139. The van der Waals surface area contributed by atoms with E-state index in [1.807, 2.05) is 13.8 Å². The molecule has 0 bridgehead atoms. The molecule has 2 rings (SSSR count). The molecule has 23 heavy (non-hydrogen) atoms. The lowest BCUT2D eigenvalue weighted by atomic mass is 9.94. The monoisotopic (exact) mass is 325 g/mol. The van der Waals surface area contributed by atoms with Gasteiger partial charge in [-0.1, -0.05) is 13.8 Å². The predicted octanol–water partition coefficient (Wildman–Crippen LogP) is 0.766. The number of amides is 2. The SMILES string of the molecule is CC(C)CNC(=O)C(=O)NCC1CCN(C2CCOCC2)CC1. The fraction of sp³-hybridized carbons (Fsp3) is 0.882. The number of hydrogen-bond acceptors (Lipinski definition) is 4. The van der Waals surface area contributed by atoms with Gasteiger partial charge in [0.25, 0.3) is 0 Å². The molecule has 0 aliphatic carbocycles. The van der Waals surface area contributed by atoms with E-state index in [2.05, 4.69) is 15.5 Å². The Bertz CT molecular complexity index is 387. The van der Waals surface area contributed by atoms with Crippen molar-refractivity contribution in [1.82, 2.24) is 15.5 Å². The van der Waals surface area contributed by atoms with Crippen molar-refractivity contribution in [2.75, 3.05) is 39.4 Å². The lowest BCUT2D eigenvalue weighted by Crippen LogP contribution is -2.47. The highest BCUT2D eigenvalue weighted by Gasteiger charge is 2.27. The minimum atomic E-state index is -0.515. The Morgan fingerprint density at radius 2 is 1.65 bits per heavy atom. The van der Waals surface area contributed by atoms with Gasteiger partial charge >= 0.3 is 11.8 Å². The zero-order valence-corrected chi connectivity index (χ0v) is 14.5. The first kappa shape index (κ1) is 18.2. The third-order valence-electron chi connectivity index (χ3n) is 4.78. The molecule has 0 aromatic heterocycles. The minimum Gasteiger partial charge on any atom is -0.381 e. The van der Waals surface area contributed by atoms with Crippen LogP contribution in [0.1, 0.15) is 39.5 Å². The van der Waals surface area contributed by atoms with Gasteiger partial charge < -0.3 is 20.3 Å². The number of nitrogens with one attached hydrogen (secondary N) is 2. The maximum Gasteiger partial charge on any atom is 0.309 e. The van der Waals surface area contributed by atoms with Crippen LogP contribution in [0.5, 0.6) is 0 Å². The van der Waals surface area contributed by atoms with Crippen molar-refractivity contribution < 1.29 is 14.3 Å². The zero-order chi connectivity index (χ0) is 16.7. The van der Waals surface area contributed by atoms with Gasteiger partial charge in [0.05, 0.1) is 0 Å². The van der Waals surface area contributed by atoms with Crippen LogP contribution in [0.25, 0.3) is 0 Å². The molecule has 0 spiro atoms. The first-order valence-electron chi connectivity index (χ1n) is 8.94. The van der Waals surface area contributed by atoms with Crippen LogP contribution in [0.2, 0.25) is 0 Å². The fourth-order valence-corrected chi connectivity index (χ4v) is 3.27. The van der Waals surface area contributed by atoms with Gasteiger partial charge in [0.15, 0.2) is 0 Å². The van der Waals surface area contributed by atoms with Crippen molar-refractivity contribution in [2.45, 2.75) is 45.6 Å². The molecule has 2 aliphatic rings. The quantitative estimate of drug-likeness (QED) is 0.733. The second kappa shape index (κ2) is 9.23. The number of carbonyl (C=O) groups excluding carboxylic acids is 2. The summed E-state index contributed by atoms with van der Waals surface area (Å²) in [5.41, 5.74) is 0. The molecule has 0 saturated carbocycles. The van der Waals surface area contributed by atoms with Crippen LogP contribution in [0.4, 0.5) is 0 Å². The summed E-state index contributed by atoms with van der Waals surface area (Å²) in [5, 5.41) is 5.43. The van der Waals surface area contributed by atoms with E-state index < -0.39 is 11.8 Å². The first-order chi connectivity index (χ1) is 11.1. The number of hydrogen-bond donors (Lipinski definition) is 2. The van der Waals surface area contributed by atoms with E-state index in [0.717, 1.165) is 52.0 Å². The average molecular weight is 325 g/mol. The van der Waals surface area contributed by atoms with Crippen molar-refractivity contribution in [2.24, 2.45) is 11.8 Å². The molecule has 2 heterocycles. The average Bonchev–Trinajstić information content (AvgIpc) is 2.58. The molecule has 0 aromatic rings. The molecule has 2 N–H and O–H groups in total. The highest BCUT2D eigenvalue weighted by atomic mass is 16.5. The van der Waals surface area contributed by atoms with E-state index in [1.165, 1.54) is 0 Å². The molecule has 2 fully saturated rings. The largest absolute Gasteiger partial charge is 0.381 e. The van der Waals surface area contributed by atoms with Crippen molar-refractivity contribution >= 4 is 11.8 Å². The van der Waals surface area contributed by atoms with Gasteiger partial charge in [-0.3, -0.25) is 9.59 Å². The second-order valence-corrected chi connectivity index (χ2v) is 7.14. The van der Waals surface area contributed by atoms with Crippen LogP contribution < -0.4 is 10.6 Å². The number of rotatable bonds is 5. The predicted molar refractivity (Wildman–Crippen MR) is 89.0 cm³/mol. The summed E-state index contributed by atoms with van der Waals surface area (Å²) in [6.07, 6.45) is 4.45. The van der Waals surface area contributed by atoms with Gasteiger partial charge in [-0.15, -0.1) is 0 Å². The molecule has 2 aliphatic heterocycles. The summed E-state index contributed by atoms with van der Waals surface area (Å²) < 4.78 is 5.42. The van der Waals surface area contributed by atoms with Gasteiger partial charge in [-0.25, -0.2) is 0 Å². The second-order valence-electron chi connectivity index (χ2n) is 7.14. The van der Waals surface area contributed by atoms with Crippen LogP contribution in [-0.2, 0) is 14.3 Å². The summed E-state index contributed by atoms with van der Waals surface area (Å²) in [7, 11) is 0. The fourth-order valence-electron chi connectivity index (χ4n) is 3.27. The molecule has 0 unspecified atom stereocenters. The highest BCUT2D eigenvalue weighted by Crippen LogP contribution is 2.22. The van der Waals surface area contributed by atoms with E-state index >= 15 is 0 Å². The Morgan fingerprint density at radius 3 is 2.26 bits per heavy atom. The summed E-state index contributed by atoms with van der Waals surface area (Å²) in [6, 6.07) is 0.668. The summed E-state index contributed by atoms with van der Waals surface area (Å²) >= 11 is 0. The van der Waals surface area contributed by atoms with E-state index in [-0.39, 0.29) is 0 Å². The minimum absolute atomic E-state index is 0.348. The van der Waals surface area contributed by atoms with E-state index in [0.29, 0.717) is 31.0 Å². The van der Waals surface area contributed by atoms with E-state index in [4.69, 9.17) is 4.74 Å². The standard InChI is InChI=1S/C17H31N3O3/c1-13(2)11-18-16(21)17(22)19-12-14-3-7-20(8-4-14)15-5-9-23-10-6-15/h13-15H,3-12H2,1-2H3,(H,18,21)(H,19,22). The molecular formula is C17H31N3O3. The molecule has 132 valence electrons. The Kier molecular flexibility index (Phi) is 7.30. The Labute approximate surface area is 139 Å². The van der Waals surface area contributed by atoms with Crippen LogP contribution in [0.3, 0.4) is 0 Å². The smallest absolute Gasteiger partial charge is 0.309 e. The van der Waals surface area contributed by atoms with Crippen molar-refractivity contribution in [3.8, 4) is 0 Å². The topological polar surface area (TPSA) is 70.7 Å². The number of nitrogens with zero attached hydrogens (tertiary/aromatic N) is 1. The molecule has 0 radical (unpaired) electrons. The van der Waals surface area contributed by atoms with Gasteiger partial charge in [-0.2, -0.15) is 0 Å². The number of likely N-dealkylation sites (tertiary alicyclic amines) is 1.